The summed E-state index contributed by atoms with van der Waals surface area (Å²) in [5.41, 5.74) is -0.572. The summed E-state index contributed by atoms with van der Waals surface area (Å²) in [7, 11) is 0. The largest absolute Gasteiger partial charge is 0.522 e. The first kappa shape index (κ1) is 20.4. The number of alkyl carbamates (subject to hydrolysis) is 1. The van der Waals surface area contributed by atoms with Crippen molar-refractivity contribution in [1.29, 1.82) is 0 Å². The summed E-state index contributed by atoms with van der Waals surface area (Å²) in [6, 6.07) is -0.139. The van der Waals surface area contributed by atoms with E-state index >= 15 is 0 Å². The number of carbonyl (C=O) groups excluding carboxylic acids is 1. The van der Waals surface area contributed by atoms with E-state index < -0.39 is 24.2 Å². The quantitative estimate of drug-likeness (QED) is 0.799. The van der Waals surface area contributed by atoms with Gasteiger partial charge in [-0.2, -0.15) is 0 Å². The molecule has 2 saturated heterocycles. The summed E-state index contributed by atoms with van der Waals surface area (Å²) < 4.78 is 57.6. The number of ether oxygens (including phenoxy) is 3. The van der Waals surface area contributed by atoms with E-state index in [2.05, 4.69) is 20.3 Å². The molecule has 1 aromatic heterocycles. The Bertz CT molecular complexity index is 757. The summed E-state index contributed by atoms with van der Waals surface area (Å²) in [5.74, 6) is 0.474. The number of rotatable bonds is 4. The molecule has 162 valence electrons. The number of carbonyl (C=O) groups is 1. The van der Waals surface area contributed by atoms with Crippen molar-refractivity contribution in [2.45, 2.75) is 94.6 Å². The highest BCUT2D eigenvalue weighted by molar-refractivity contribution is 5.68. The molecule has 2 bridgehead atoms. The van der Waals surface area contributed by atoms with Gasteiger partial charge in [-0.3, -0.25) is 4.74 Å². The van der Waals surface area contributed by atoms with Gasteiger partial charge in [0.15, 0.2) is 0 Å². The zero-order valence-electron chi connectivity index (χ0n) is 16.4. The first-order chi connectivity index (χ1) is 13.5. The third kappa shape index (κ3) is 4.66. The fraction of sp³-hybridized carbons (Fsp3) is 0.833. The smallest absolute Gasteiger partial charge is 0.444 e. The monoisotopic (exact) mass is 419 g/mol. The Morgan fingerprint density at radius 3 is 2.34 bits per heavy atom. The molecule has 3 heterocycles. The van der Waals surface area contributed by atoms with Crippen LogP contribution in [0.3, 0.4) is 0 Å². The van der Waals surface area contributed by atoms with Crippen molar-refractivity contribution in [3.8, 4) is 0 Å². The first-order valence-electron chi connectivity index (χ1n) is 9.69. The molecule has 1 saturated carbocycles. The van der Waals surface area contributed by atoms with Crippen molar-refractivity contribution in [3.05, 3.63) is 11.8 Å². The van der Waals surface area contributed by atoms with Gasteiger partial charge >= 0.3 is 12.5 Å². The van der Waals surface area contributed by atoms with Crippen LogP contribution in [0.15, 0.2) is 4.42 Å². The normalized spacial score (nSPS) is 34.1. The molecule has 29 heavy (non-hydrogen) atoms. The number of nitrogens with zero attached hydrogens (tertiary/aromatic N) is 2. The maximum absolute atomic E-state index is 12.2. The molecule has 1 aliphatic carbocycles. The van der Waals surface area contributed by atoms with Crippen LogP contribution in [0.4, 0.5) is 18.0 Å². The second kappa shape index (κ2) is 7.12. The molecule has 4 rings (SSSR count). The van der Waals surface area contributed by atoms with Gasteiger partial charge in [0.05, 0.1) is 30.3 Å². The van der Waals surface area contributed by atoms with Crippen molar-refractivity contribution in [2.24, 2.45) is 0 Å². The molecular weight excluding hydrogens is 395 g/mol. The molecule has 2 aliphatic heterocycles. The fourth-order valence-electron chi connectivity index (χ4n) is 4.14. The van der Waals surface area contributed by atoms with Gasteiger partial charge < -0.3 is 19.2 Å². The number of aromatic nitrogens is 2. The molecule has 3 aliphatic rings. The van der Waals surface area contributed by atoms with E-state index in [-0.39, 0.29) is 42.9 Å². The molecule has 0 radical (unpaired) electrons. The number of hydrogen-bond acceptors (Lipinski definition) is 7. The summed E-state index contributed by atoms with van der Waals surface area (Å²) in [4.78, 5) is 12.0. The molecule has 4 atom stereocenters. The number of hydrogen-bond donors (Lipinski definition) is 1. The standard InChI is InChI=1S/C18H24F3N3O5/c1-17(2,3)29-16(25)22-11-7-12-10(6-13(11)26-12)15-24-23-14(27-15)8-4-9(5-8)28-18(19,20)21/h8-13H,4-7H2,1-3H3,(H,22,25)/t8-,9+,10-,11-,12+,13+/m0/s1. The van der Waals surface area contributed by atoms with Crippen LogP contribution in [0.5, 0.6) is 0 Å². The van der Waals surface area contributed by atoms with Crippen molar-refractivity contribution in [2.75, 3.05) is 0 Å². The van der Waals surface area contributed by atoms with Crippen LogP contribution in [-0.2, 0) is 14.2 Å². The first-order valence-corrected chi connectivity index (χ1v) is 9.69. The highest BCUT2D eigenvalue weighted by Gasteiger charge is 2.51. The third-order valence-electron chi connectivity index (χ3n) is 5.44. The van der Waals surface area contributed by atoms with E-state index in [1.54, 1.807) is 20.8 Å². The Labute approximate surface area is 165 Å². The van der Waals surface area contributed by atoms with Gasteiger partial charge in [-0.05, 0) is 46.5 Å². The minimum atomic E-state index is -4.63. The summed E-state index contributed by atoms with van der Waals surface area (Å²) in [5, 5.41) is 10.9. The lowest BCUT2D eigenvalue weighted by Gasteiger charge is -2.32. The minimum Gasteiger partial charge on any atom is -0.444 e. The van der Waals surface area contributed by atoms with Gasteiger partial charge in [0.1, 0.15) is 5.60 Å². The van der Waals surface area contributed by atoms with Gasteiger partial charge in [-0.15, -0.1) is 23.4 Å². The van der Waals surface area contributed by atoms with E-state index in [0.717, 1.165) is 0 Å². The highest BCUT2D eigenvalue weighted by Crippen LogP contribution is 2.46. The van der Waals surface area contributed by atoms with E-state index in [0.29, 0.717) is 24.6 Å². The summed E-state index contributed by atoms with van der Waals surface area (Å²) in [6.07, 6.45) is -4.64. The molecule has 0 aromatic carbocycles. The maximum atomic E-state index is 12.2. The predicted octanol–water partition coefficient (Wildman–Crippen LogP) is 3.39. The van der Waals surface area contributed by atoms with E-state index in [4.69, 9.17) is 13.9 Å². The number of amides is 1. The SMILES string of the molecule is CC(C)(C)OC(=O)N[C@H]1C[C@H]2O[C@@H]1C[C@@H]2c1nnc([C@H]2C[C@@H](OC(F)(F)F)C2)o1. The van der Waals surface area contributed by atoms with Crippen LogP contribution < -0.4 is 5.32 Å². The number of nitrogens with one attached hydrogen (secondary N) is 1. The Morgan fingerprint density at radius 1 is 1.07 bits per heavy atom. The zero-order valence-corrected chi connectivity index (χ0v) is 16.4. The van der Waals surface area contributed by atoms with E-state index in [9.17, 15) is 18.0 Å². The van der Waals surface area contributed by atoms with Crippen LogP contribution >= 0.6 is 0 Å². The molecule has 11 heteroatoms. The van der Waals surface area contributed by atoms with Crippen LogP contribution in [0.25, 0.3) is 0 Å². The van der Waals surface area contributed by atoms with Crippen LogP contribution in [0, 0.1) is 0 Å². The van der Waals surface area contributed by atoms with Crippen LogP contribution in [-0.4, -0.2) is 52.6 Å². The Morgan fingerprint density at radius 2 is 1.76 bits per heavy atom. The highest BCUT2D eigenvalue weighted by atomic mass is 19.4. The van der Waals surface area contributed by atoms with Crippen molar-refractivity contribution < 1.29 is 36.6 Å². The third-order valence-corrected chi connectivity index (χ3v) is 5.44. The maximum Gasteiger partial charge on any atom is 0.522 e. The molecule has 1 N–H and O–H groups in total. The van der Waals surface area contributed by atoms with Crippen LogP contribution in [0.1, 0.15) is 70.1 Å². The molecule has 3 fully saturated rings. The number of fused-ring (bicyclic) bond motifs is 2. The van der Waals surface area contributed by atoms with E-state index in [1.165, 1.54) is 0 Å². The van der Waals surface area contributed by atoms with Gasteiger partial charge in [-0.25, -0.2) is 4.79 Å². The summed E-state index contributed by atoms with van der Waals surface area (Å²) in [6.45, 7) is 5.39. The van der Waals surface area contributed by atoms with Crippen molar-refractivity contribution in [1.82, 2.24) is 15.5 Å². The average Bonchev–Trinajstić information content (AvgIpc) is 3.22. The molecule has 8 nitrogen and oxygen atoms in total. The summed E-state index contributed by atoms with van der Waals surface area (Å²) >= 11 is 0. The van der Waals surface area contributed by atoms with E-state index in [1.807, 2.05) is 0 Å². The van der Waals surface area contributed by atoms with Crippen molar-refractivity contribution >= 4 is 6.09 Å². The lowest BCUT2D eigenvalue weighted by Crippen LogP contribution is -2.44. The fourth-order valence-corrected chi connectivity index (χ4v) is 4.14. The van der Waals surface area contributed by atoms with Gasteiger partial charge in [0.2, 0.25) is 11.8 Å². The second-order valence-electron chi connectivity index (χ2n) is 8.88. The minimum absolute atomic E-state index is 0.0831. The molecule has 0 spiro atoms. The number of halogens is 3. The lowest BCUT2D eigenvalue weighted by molar-refractivity contribution is -0.352. The van der Waals surface area contributed by atoms with Gasteiger partial charge in [0, 0.05) is 5.92 Å². The molecule has 1 amide bonds. The van der Waals surface area contributed by atoms with Gasteiger partial charge in [-0.1, -0.05) is 0 Å². The Balaban J connectivity index is 1.28. The Kier molecular flexibility index (Phi) is 5.01. The van der Waals surface area contributed by atoms with Crippen molar-refractivity contribution in [3.63, 3.8) is 0 Å². The lowest BCUT2D eigenvalue weighted by atomic mass is 9.82. The Hall–Kier alpha value is -1.88. The van der Waals surface area contributed by atoms with Gasteiger partial charge in [0.25, 0.3) is 0 Å². The second-order valence-corrected chi connectivity index (χ2v) is 8.88. The number of alkyl halides is 3. The molecule has 1 aromatic rings. The zero-order chi connectivity index (χ0) is 21.0. The average molecular weight is 419 g/mol. The molecular formula is C18H24F3N3O5. The predicted molar refractivity (Wildman–Crippen MR) is 91.0 cm³/mol. The van der Waals surface area contributed by atoms with Crippen LogP contribution in [0.2, 0.25) is 0 Å². The molecule has 0 unspecified atom stereocenters. The topological polar surface area (TPSA) is 95.7 Å².